The van der Waals surface area contributed by atoms with Crippen LogP contribution in [0.2, 0.25) is 0 Å². The number of halogens is 1. The van der Waals surface area contributed by atoms with Gasteiger partial charge in [0.1, 0.15) is 0 Å². The van der Waals surface area contributed by atoms with Crippen LogP contribution in [0.15, 0.2) is 28.7 Å². The number of carboxylic acid groups (broad SMARTS) is 1. The van der Waals surface area contributed by atoms with Crippen LogP contribution in [-0.4, -0.2) is 30.5 Å². The molecule has 0 fully saturated rings. The molecule has 6 heteroatoms. The van der Waals surface area contributed by atoms with E-state index in [1.54, 1.807) is 0 Å². The molecular formula is C14H21BrO4S. The predicted octanol–water partition coefficient (Wildman–Crippen LogP) is 3.30. The van der Waals surface area contributed by atoms with Gasteiger partial charge in [-0.15, -0.1) is 0 Å². The molecule has 0 spiro atoms. The number of benzene rings is 1. The quantitative estimate of drug-likeness (QED) is 0.869. The summed E-state index contributed by atoms with van der Waals surface area (Å²) >= 11 is 3.30. The highest BCUT2D eigenvalue weighted by atomic mass is 79.9. The van der Waals surface area contributed by atoms with Crippen LogP contribution in [-0.2, 0) is 21.1 Å². The van der Waals surface area contributed by atoms with Crippen molar-refractivity contribution >= 4 is 31.7 Å². The maximum atomic E-state index is 11.6. The van der Waals surface area contributed by atoms with Gasteiger partial charge in [0.2, 0.25) is 0 Å². The van der Waals surface area contributed by atoms with Crippen LogP contribution in [0, 0.1) is 0 Å². The van der Waals surface area contributed by atoms with Gasteiger partial charge >= 0.3 is 5.97 Å². The Kier molecular flexibility index (Phi) is 7.44. The summed E-state index contributed by atoms with van der Waals surface area (Å²) in [6.07, 6.45) is 1.43. The summed E-state index contributed by atoms with van der Waals surface area (Å²) < 4.78 is 22.4. The fraction of sp³-hybridized carbons (Fsp3) is 0.500. The molecule has 0 saturated carbocycles. The van der Waals surface area contributed by atoms with Crippen molar-refractivity contribution in [2.45, 2.75) is 38.4 Å². The highest BCUT2D eigenvalue weighted by Crippen LogP contribution is 2.24. The van der Waals surface area contributed by atoms with Gasteiger partial charge in [0, 0.05) is 10.7 Å². The lowest BCUT2D eigenvalue weighted by atomic mass is 10.0. The van der Waals surface area contributed by atoms with Crippen LogP contribution in [0.5, 0.6) is 0 Å². The molecule has 1 N–H and O–H groups in total. The lowest BCUT2D eigenvalue weighted by Crippen LogP contribution is -2.43. The smallest absolute Gasteiger partial charge is 0.324 e. The van der Waals surface area contributed by atoms with Crippen molar-refractivity contribution < 1.29 is 18.3 Å². The van der Waals surface area contributed by atoms with Crippen LogP contribution in [0.1, 0.15) is 32.8 Å². The Hall–Kier alpha value is -0.880. The Balaban J connectivity index is 0.00000172. The monoisotopic (exact) mass is 364 g/mol. The van der Waals surface area contributed by atoms with Gasteiger partial charge in [-0.25, -0.2) is 8.42 Å². The largest absolute Gasteiger partial charge is 0.480 e. The molecular weight excluding hydrogens is 344 g/mol. The molecule has 0 heterocycles. The zero-order valence-corrected chi connectivity index (χ0v) is 14.6. The third-order valence-corrected chi connectivity index (χ3v) is 5.62. The maximum Gasteiger partial charge on any atom is 0.324 e. The normalized spacial score (nSPS) is 13.8. The van der Waals surface area contributed by atoms with Gasteiger partial charge in [-0.05, 0) is 37.5 Å². The molecule has 1 aromatic rings. The molecule has 114 valence electrons. The first-order chi connectivity index (χ1) is 9.17. The number of carbonyl (C=O) groups is 1. The van der Waals surface area contributed by atoms with E-state index >= 15 is 0 Å². The second-order valence-corrected chi connectivity index (χ2v) is 7.80. The number of hydrogen-bond donors (Lipinski definition) is 1. The first kappa shape index (κ1) is 19.1. The van der Waals surface area contributed by atoms with Crippen molar-refractivity contribution in [1.82, 2.24) is 0 Å². The molecule has 0 amide bonds. The minimum Gasteiger partial charge on any atom is -0.480 e. The van der Waals surface area contributed by atoms with Gasteiger partial charge < -0.3 is 5.11 Å². The fourth-order valence-electron chi connectivity index (χ4n) is 1.48. The third kappa shape index (κ3) is 4.90. The van der Waals surface area contributed by atoms with Gasteiger partial charge in [0.05, 0.1) is 0 Å². The summed E-state index contributed by atoms with van der Waals surface area (Å²) in [5, 5.41) is 9.10. The summed E-state index contributed by atoms with van der Waals surface area (Å²) in [5.41, 5.74) is 0.911. The van der Waals surface area contributed by atoms with Crippen LogP contribution in [0.4, 0.5) is 0 Å². The van der Waals surface area contributed by atoms with E-state index in [1.807, 2.05) is 38.1 Å². The van der Waals surface area contributed by atoms with E-state index in [2.05, 4.69) is 15.9 Å². The Morgan fingerprint density at radius 3 is 2.05 bits per heavy atom. The van der Waals surface area contributed by atoms with E-state index < -0.39 is 20.6 Å². The third-order valence-electron chi connectivity index (χ3n) is 3.07. The molecule has 4 nitrogen and oxygen atoms in total. The van der Waals surface area contributed by atoms with Gasteiger partial charge in [-0.2, -0.15) is 0 Å². The number of sulfone groups is 1. The van der Waals surface area contributed by atoms with E-state index in [0.29, 0.717) is 6.42 Å². The Morgan fingerprint density at radius 1 is 1.25 bits per heavy atom. The van der Waals surface area contributed by atoms with Crippen molar-refractivity contribution in [3.05, 3.63) is 34.3 Å². The molecule has 0 radical (unpaired) electrons. The Bertz CT molecular complexity index is 537. The standard InChI is InChI=1S/C12H15BrO4S.C2H6/c1-12(11(14)15,18(2,16)17)8-7-9-3-5-10(13)6-4-9;1-2/h3-6H,7-8H2,1-2H3,(H,14,15);1-2H3/t12-;/m1./s1. The molecule has 0 aliphatic rings. The molecule has 0 unspecified atom stereocenters. The number of aliphatic carboxylic acids is 1. The van der Waals surface area contributed by atoms with Crippen LogP contribution in [0.25, 0.3) is 0 Å². The molecule has 1 aromatic carbocycles. The van der Waals surface area contributed by atoms with Crippen LogP contribution in [0.3, 0.4) is 0 Å². The fourth-order valence-corrected chi connectivity index (χ4v) is 2.54. The Labute approximate surface area is 129 Å². The molecule has 20 heavy (non-hydrogen) atoms. The van der Waals surface area contributed by atoms with Crippen molar-refractivity contribution in [1.29, 1.82) is 0 Å². The van der Waals surface area contributed by atoms with Gasteiger partial charge in [0.15, 0.2) is 14.6 Å². The molecule has 1 rings (SSSR count). The van der Waals surface area contributed by atoms with E-state index in [-0.39, 0.29) is 6.42 Å². The van der Waals surface area contributed by atoms with Crippen molar-refractivity contribution in [2.75, 3.05) is 6.26 Å². The average Bonchev–Trinajstić information content (AvgIpc) is 2.38. The molecule has 0 bridgehead atoms. The van der Waals surface area contributed by atoms with E-state index in [9.17, 15) is 13.2 Å². The van der Waals surface area contributed by atoms with Gasteiger partial charge in [0.25, 0.3) is 0 Å². The van der Waals surface area contributed by atoms with Gasteiger partial charge in [-0.1, -0.05) is 41.9 Å². The molecule has 0 saturated heterocycles. The predicted molar refractivity (Wildman–Crippen MR) is 84.7 cm³/mol. The Morgan fingerprint density at radius 2 is 1.70 bits per heavy atom. The molecule has 0 aliphatic carbocycles. The summed E-state index contributed by atoms with van der Waals surface area (Å²) in [4.78, 5) is 11.2. The average molecular weight is 365 g/mol. The first-order valence-electron chi connectivity index (χ1n) is 6.34. The van der Waals surface area contributed by atoms with Crippen LogP contribution >= 0.6 is 15.9 Å². The molecule has 0 aliphatic heterocycles. The zero-order valence-electron chi connectivity index (χ0n) is 12.2. The van der Waals surface area contributed by atoms with E-state index in [1.165, 1.54) is 6.92 Å². The number of hydrogen-bond acceptors (Lipinski definition) is 3. The lowest BCUT2D eigenvalue weighted by molar-refractivity contribution is -0.139. The highest BCUT2D eigenvalue weighted by Gasteiger charge is 2.43. The van der Waals surface area contributed by atoms with Crippen molar-refractivity contribution in [3.8, 4) is 0 Å². The summed E-state index contributed by atoms with van der Waals surface area (Å²) in [6.45, 7) is 5.25. The van der Waals surface area contributed by atoms with Crippen molar-refractivity contribution in [3.63, 3.8) is 0 Å². The summed E-state index contributed by atoms with van der Waals surface area (Å²) in [6, 6.07) is 7.37. The topological polar surface area (TPSA) is 71.4 Å². The molecule has 0 aromatic heterocycles. The first-order valence-corrected chi connectivity index (χ1v) is 9.03. The lowest BCUT2D eigenvalue weighted by Gasteiger charge is -2.22. The maximum absolute atomic E-state index is 11.6. The van der Waals surface area contributed by atoms with Gasteiger partial charge in [-0.3, -0.25) is 4.79 Å². The highest BCUT2D eigenvalue weighted by molar-refractivity contribution is 9.10. The van der Waals surface area contributed by atoms with E-state index in [4.69, 9.17) is 5.11 Å². The number of aryl methyl sites for hydroxylation is 1. The zero-order chi connectivity index (χ0) is 16.0. The second kappa shape index (κ2) is 7.78. The molecule has 1 atom stereocenters. The minimum atomic E-state index is -3.65. The van der Waals surface area contributed by atoms with Crippen LogP contribution < -0.4 is 0 Å². The number of rotatable bonds is 5. The minimum absolute atomic E-state index is 0.0583. The summed E-state index contributed by atoms with van der Waals surface area (Å²) in [5.74, 6) is -1.30. The SMILES string of the molecule is CC.C[C@@](CCc1ccc(Br)cc1)(C(=O)O)S(C)(=O)=O. The van der Waals surface area contributed by atoms with Crippen molar-refractivity contribution in [2.24, 2.45) is 0 Å². The van der Waals surface area contributed by atoms with E-state index in [0.717, 1.165) is 16.3 Å². The summed E-state index contributed by atoms with van der Waals surface area (Å²) in [7, 11) is -3.65. The number of carboxylic acids is 1. The second-order valence-electron chi connectivity index (χ2n) is 4.43.